The van der Waals surface area contributed by atoms with E-state index in [9.17, 15) is 4.21 Å². The number of rotatable bonds is 3. The lowest BCUT2D eigenvalue weighted by Crippen LogP contribution is -2.19. The summed E-state index contributed by atoms with van der Waals surface area (Å²) in [5.41, 5.74) is 0. The summed E-state index contributed by atoms with van der Waals surface area (Å²) in [6.07, 6.45) is 3.62. The van der Waals surface area contributed by atoms with Gasteiger partial charge in [-0.05, 0) is 33.6 Å². The molecule has 5 nitrogen and oxygen atoms in total. The predicted octanol–water partition coefficient (Wildman–Crippen LogP) is 1.83. The van der Waals surface area contributed by atoms with E-state index in [1.54, 1.807) is 0 Å². The largest absolute Gasteiger partial charge is 0.419 e. The quantitative estimate of drug-likeness (QED) is 0.757. The van der Waals surface area contributed by atoms with E-state index in [2.05, 4.69) is 14.6 Å². The van der Waals surface area contributed by atoms with Crippen molar-refractivity contribution >= 4 is 17.2 Å². The number of nitrogens with zero attached hydrogens (tertiary/aromatic N) is 3. The molecule has 1 fully saturated rings. The van der Waals surface area contributed by atoms with Crippen molar-refractivity contribution in [3.8, 4) is 0 Å². The Kier molecular flexibility index (Phi) is 2.92. The van der Waals surface area contributed by atoms with E-state index in [-0.39, 0.29) is 4.75 Å². The molecule has 0 bridgehead atoms. The Morgan fingerprint density at radius 2 is 2.12 bits per heavy atom. The van der Waals surface area contributed by atoms with Crippen LogP contribution in [0.1, 0.15) is 51.3 Å². The Balaban J connectivity index is 2.02. The highest BCUT2D eigenvalue weighted by atomic mass is 32.2. The van der Waals surface area contributed by atoms with Crippen molar-refractivity contribution in [2.45, 2.75) is 44.3 Å². The Morgan fingerprint density at radius 1 is 1.44 bits per heavy atom. The van der Waals surface area contributed by atoms with Crippen LogP contribution in [0.4, 0.5) is 0 Å². The second-order valence-electron chi connectivity index (χ2n) is 4.85. The van der Waals surface area contributed by atoms with Crippen LogP contribution in [0.15, 0.2) is 8.81 Å². The smallest absolute Gasteiger partial charge is 0.259 e. The molecule has 0 amide bonds. The van der Waals surface area contributed by atoms with Gasteiger partial charge in [0.25, 0.3) is 5.89 Å². The minimum absolute atomic E-state index is 0.333. The second-order valence-corrected chi connectivity index (χ2v) is 6.78. The Labute approximate surface area is 97.0 Å². The third-order valence-electron chi connectivity index (χ3n) is 2.17. The van der Waals surface area contributed by atoms with Crippen LogP contribution in [0.3, 0.4) is 0 Å². The van der Waals surface area contributed by atoms with Gasteiger partial charge in [0.2, 0.25) is 5.89 Å². The van der Waals surface area contributed by atoms with Crippen molar-refractivity contribution in [3.63, 3.8) is 0 Å². The number of hydrogen-bond acceptors (Lipinski definition) is 4. The number of hydrogen-bond donors (Lipinski definition) is 0. The van der Waals surface area contributed by atoms with Gasteiger partial charge < -0.3 is 4.42 Å². The van der Waals surface area contributed by atoms with Crippen LogP contribution >= 0.6 is 0 Å². The molecule has 88 valence electrons. The molecular weight excluding hydrogens is 226 g/mol. The summed E-state index contributed by atoms with van der Waals surface area (Å²) < 4.78 is 20.5. The lowest BCUT2D eigenvalue weighted by molar-refractivity contribution is 0.490. The van der Waals surface area contributed by atoms with E-state index in [0.29, 0.717) is 17.7 Å². The minimum atomic E-state index is -1.28. The summed E-state index contributed by atoms with van der Waals surface area (Å²) >= 11 is 0. The third-order valence-corrected chi connectivity index (χ3v) is 3.51. The zero-order chi connectivity index (χ0) is 11.8. The molecule has 1 heterocycles. The maximum Gasteiger partial charge on any atom is 0.259 e. The van der Waals surface area contributed by atoms with Crippen molar-refractivity contribution < 1.29 is 8.63 Å². The van der Waals surface area contributed by atoms with Gasteiger partial charge in [0, 0.05) is 5.92 Å². The molecule has 1 saturated carbocycles. The fraction of sp³-hybridized carbons (Fsp3) is 0.700. The van der Waals surface area contributed by atoms with Crippen LogP contribution in [0.5, 0.6) is 0 Å². The molecule has 16 heavy (non-hydrogen) atoms. The molecule has 1 aromatic heterocycles. The van der Waals surface area contributed by atoms with Crippen LogP contribution < -0.4 is 0 Å². The van der Waals surface area contributed by atoms with E-state index in [4.69, 9.17) is 4.42 Å². The number of aromatic nitrogens is 2. The third kappa shape index (κ3) is 2.75. The fourth-order valence-electron chi connectivity index (χ4n) is 1.05. The van der Waals surface area contributed by atoms with Gasteiger partial charge >= 0.3 is 0 Å². The first-order valence-electron chi connectivity index (χ1n) is 5.26. The van der Waals surface area contributed by atoms with Gasteiger partial charge in [0.1, 0.15) is 17.2 Å². The lowest BCUT2D eigenvalue weighted by Gasteiger charge is -2.12. The van der Waals surface area contributed by atoms with Gasteiger partial charge in [-0.3, -0.25) is 0 Å². The van der Waals surface area contributed by atoms with E-state index in [1.165, 1.54) is 6.21 Å². The molecule has 1 aromatic rings. The average Bonchev–Trinajstić information content (AvgIpc) is 2.94. The van der Waals surface area contributed by atoms with Gasteiger partial charge in [-0.15, -0.1) is 10.2 Å². The van der Waals surface area contributed by atoms with Gasteiger partial charge in [0.15, 0.2) is 0 Å². The van der Waals surface area contributed by atoms with Crippen molar-refractivity contribution in [2.24, 2.45) is 4.40 Å². The van der Waals surface area contributed by atoms with Crippen LogP contribution in [0.2, 0.25) is 0 Å². The zero-order valence-corrected chi connectivity index (χ0v) is 10.5. The first kappa shape index (κ1) is 11.4. The Morgan fingerprint density at radius 3 is 2.69 bits per heavy atom. The van der Waals surface area contributed by atoms with Crippen LogP contribution in [0.25, 0.3) is 0 Å². The van der Waals surface area contributed by atoms with E-state index in [0.717, 1.165) is 12.8 Å². The summed E-state index contributed by atoms with van der Waals surface area (Å²) in [6, 6.07) is 0. The molecule has 1 unspecified atom stereocenters. The second kappa shape index (κ2) is 4.08. The molecule has 0 saturated heterocycles. The highest BCUT2D eigenvalue weighted by Crippen LogP contribution is 2.38. The van der Waals surface area contributed by atoms with E-state index < -0.39 is 11.0 Å². The highest BCUT2D eigenvalue weighted by molar-refractivity contribution is 7.85. The topological polar surface area (TPSA) is 68.3 Å². The van der Waals surface area contributed by atoms with Crippen molar-refractivity contribution in [1.29, 1.82) is 0 Å². The van der Waals surface area contributed by atoms with Gasteiger partial charge in [-0.1, -0.05) is 0 Å². The Bertz CT molecular complexity index is 430. The molecule has 0 aromatic carbocycles. The fourth-order valence-corrected chi connectivity index (χ4v) is 1.55. The first-order chi connectivity index (χ1) is 7.47. The lowest BCUT2D eigenvalue weighted by atomic mass is 10.3. The molecule has 1 aliphatic rings. The summed E-state index contributed by atoms with van der Waals surface area (Å²) in [4.78, 5) is 0. The summed E-state index contributed by atoms with van der Waals surface area (Å²) in [5.74, 6) is 1.44. The highest BCUT2D eigenvalue weighted by Gasteiger charge is 2.29. The molecule has 0 N–H and O–H groups in total. The standard InChI is InChI=1S/C10H15N3O2S/c1-10(2,3)16(14)11-6-8-12-13-9(15-8)7-4-5-7/h6-7H,4-5H2,1-3H3/b11-6+. The maximum atomic E-state index is 11.6. The Hall–Kier alpha value is -1.04. The van der Waals surface area contributed by atoms with Crippen LogP contribution in [-0.2, 0) is 11.0 Å². The van der Waals surface area contributed by atoms with Crippen LogP contribution in [-0.4, -0.2) is 25.4 Å². The van der Waals surface area contributed by atoms with E-state index in [1.807, 2.05) is 20.8 Å². The van der Waals surface area contributed by atoms with Crippen molar-refractivity contribution in [3.05, 3.63) is 11.8 Å². The average molecular weight is 241 g/mol. The van der Waals surface area contributed by atoms with Crippen molar-refractivity contribution in [1.82, 2.24) is 10.2 Å². The molecule has 2 rings (SSSR count). The molecule has 0 aliphatic heterocycles. The van der Waals surface area contributed by atoms with Gasteiger partial charge in [0.05, 0.1) is 4.75 Å². The molecule has 0 spiro atoms. The van der Waals surface area contributed by atoms with Crippen LogP contribution in [0, 0.1) is 0 Å². The minimum Gasteiger partial charge on any atom is -0.419 e. The summed E-state index contributed by atoms with van der Waals surface area (Å²) in [6.45, 7) is 5.59. The first-order valence-corrected chi connectivity index (χ1v) is 6.37. The van der Waals surface area contributed by atoms with E-state index >= 15 is 0 Å². The molecule has 1 atom stereocenters. The molecule has 1 aliphatic carbocycles. The normalized spacial score (nSPS) is 19.2. The van der Waals surface area contributed by atoms with Gasteiger partial charge in [-0.25, -0.2) is 4.21 Å². The molecular formula is C10H15N3O2S. The molecule has 6 heteroatoms. The van der Waals surface area contributed by atoms with Gasteiger partial charge in [-0.2, -0.15) is 4.40 Å². The summed E-state index contributed by atoms with van der Waals surface area (Å²) in [7, 11) is -1.28. The predicted molar refractivity (Wildman–Crippen MR) is 61.8 cm³/mol. The maximum absolute atomic E-state index is 11.6. The SMILES string of the molecule is CC(C)(C)S(=O)/N=C/c1nnc(C2CC2)o1. The van der Waals surface area contributed by atoms with Crippen molar-refractivity contribution in [2.75, 3.05) is 0 Å². The summed E-state index contributed by atoms with van der Waals surface area (Å²) in [5, 5.41) is 7.74. The monoisotopic (exact) mass is 241 g/mol. The zero-order valence-electron chi connectivity index (χ0n) is 9.64. The molecule has 0 radical (unpaired) electrons.